The van der Waals surface area contributed by atoms with E-state index in [1.54, 1.807) is 42.2 Å². The third-order valence-electron chi connectivity index (χ3n) is 5.81. The van der Waals surface area contributed by atoms with Gasteiger partial charge in [0.2, 0.25) is 0 Å². The second kappa shape index (κ2) is 10.3. The van der Waals surface area contributed by atoms with Gasteiger partial charge in [0.1, 0.15) is 22.8 Å². The van der Waals surface area contributed by atoms with Crippen LogP contribution in [0.2, 0.25) is 0 Å². The number of nitrogens with one attached hydrogen (secondary N) is 1. The Morgan fingerprint density at radius 3 is 2.41 bits per heavy atom. The van der Waals surface area contributed by atoms with Gasteiger partial charge in [-0.25, -0.2) is 0 Å². The zero-order valence-corrected chi connectivity index (χ0v) is 19.5. The number of carbonyl (C=O) groups is 2. The van der Waals surface area contributed by atoms with Crippen molar-refractivity contribution in [3.8, 4) is 17.2 Å². The van der Waals surface area contributed by atoms with E-state index in [1.165, 1.54) is 19.8 Å². The number of ether oxygens (including phenoxy) is 3. The Labute approximate surface area is 199 Å². The van der Waals surface area contributed by atoms with E-state index in [-0.39, 0.29) is 11.8 Å². The molecule has 0 unspecified atom stereocenters. The van der Waals surface area contributed by atoms with Crippen LogP contribution in [0.4, 0.5) is 5.69 Å². The smallest absolute Gasteiger partial charge is 0.263 e. The maximum absolute atomic E-state index is 13.1. The van der Waals surface area contributed by atoms with Crippen molar-refractivity contribution in [3.63, 3.8) is 0 Å². The fraction of sp³-hybridized carbons (Fsp3) is 0.259. The molecular formula is C27H28N2O5. The highest BCUT2D eigenvalue weighted by Crippen LogP contribution is 2.31. The van der Waals surface area contributed by atoms with Crippen LogP contribution in [0.1, 0.15) is 28.4 Å². The number of anilines is 1. The van der Waals surface area contributed by atoms with Crippen LogP contribution in [-0.2, 0) is 17.8 Å². The highest BCUT2D eigenvalue weighted by molar-refractivity contribution is 6.08. The first-order valence-corrected chi connectivity index (χ1v) is 11.1. The molecule has 0 aliphatic carbocycles. The summed E-state index contributed by atoms with van der Waals surface area (Å²) in [6.45, 7) is 2.73. The number of hydrogen-bond donors (Lipinski definition) is 1. The maximum atomic E-state index is 13.1. The quantitative estimate of drug-likeness (QED) is 0.569. The number of rotatable bonds is 7. The number of benzene rings is 3. The lowest BCUT2D eigenvalue weighted by molar-refractivity contribution is -0.137. The summed E-state index contributed by atoms with van der Waals surface area (Å²) in [7, 11) is 3.01. The Kier molecular flexibility index (Phi) is 7.01. The van der Waals surface area contributed by atoms with Crippen molar-refractivity contribution in [2.24, 2.45) is 0 Å². The molecule has 4 rings (SSSR count). The van der Waals surface area contributed by atoms with Gasteiger partial charge in [0.25, 0.3) is 11.8 Å². The van der Waals surface area contributed by atoms with Crippen LogP contribution in [-0.4, -0.2) is 43.6 Å². The number of hydrogen-bond acceptors (Lipinski definition) is 5. The molecule has 1 atom stereocenters. The molecule has 0 radical (unpaired) electrons. The zero-order valence-electron chi connectivity index (χ0n) is 19.5. The standard InChI is InChI=1S/C27H28N2O5/c1-18-27(31)29(15-14-19-8-5-4-6-9-19)17-20-16-21(12-13-22(20)34-18)28-26(30)25-23(32-2)10-7-11-24(25)33-3/h4-13,16,18H,14-15,17H2,1-3H3,(H,28,30)/t18-/m1/s1. The predicted octanol–water partition coefficient (Wildman–Crippen LogP) is 4.31. The molecule has 1 aliphatic heterocycles. The van der Waals surface area contributed by atoms with Gasteiger partial charge in [-0.2, -0.15) is 0 Å². The molecule has 0 bridgehead atoms. The molecule has 34 heavy (non-hydrogen) atoms. The Balaban J connectivity index is 1.55. The fourth-order valence-corrected chi connectivity index (χ4v) is 4.04. The summed E-state index contributed by atoms with van der Waals surface area (Å²) in [6, 6.07) is 20.6. The molecule has 7 nitrogen and oxygen atoms in total. The second-order valence-corrected chi connectivity index (χ2v) is 8.07. The summed E-state index contributed by atoms with van der Waals surface area (Å²) in [6.07, 6.45) is 0.161. The molecule has 7 heteroatoms. The summed E-state index contributed by atoms with van der Waals surface area (Å²) < 4.78 is 16.6. The minimum Gasteiger partial charge on any atom is -0.496 e. The van der Waals surface area contributed by atoms with Crippen LogP contribution in [0, 0.1) is 0 Å². The summed E-state index contributed by atoms with van der Waals surface area (Å²) in [4.78, 5) is 27.8. The van der Waals surface area contributed by atoms with Crippen molar-refractivity contribution in [3.05, 3.63) is 83.4 Å². The van der Waals surface area contributed by atoms with Crippen molar-refractivity contribution in [2.75, 3.05) is 26.1 Å². The minimum absolute atomic E-state index is 0.0588. The Morgan fingerprint density at radius 1 is 1.03 bits per heavy atom. The predicted molar refractivity (Wildman–Crippen MR) is 130 cm³/mol. The first-order chi connectivity index (χ1) is 16.5. The van der Waals surface area contributed by atoms with Crippen LogP contribution < -0.4 is 19.5 Å². The van der Waals surface area contributed by atoms with Gasteiger partial charge >= 0.3 is 0 Å². The van der Waals surface area contributed by atoms with E-state index in [0.29, 0.717) is 41.6 Å². The summed E-state index contributed by atoms with van der Waals surface area (Å²) >= 11 is 0. The monoisotopic (exact) mass is 460 g/mol. The maximum Gasteiger partial charge on any atom is 0.263 e. The molecule has 0 aromatic heterocycles. The normalized spacial score (nSPS) is 15.1. The van der Waals surface area contributed by atoms with Crippen molar-refractivity contribution in [2.45, 2.75) is 26.0 Å². The van der Waals surface area contributed by atoms with E-state index in [9.17, 15) is 9.59 Å². The van der Waals surface area contributed by atoms with E-state index >= 15 is 0 Å². The summed E-state index contributed by atoms with van der Waals surface area (Å²) in [5.41, 5.74) is 2.90. The first kappa shape index (κ1) is 23.2. The van der Waals surface area contributed by atoms with Gasteiger partial charge in [0, 0.05) is 24.3 Å². The van der Waals surface area contributed by atoms with Crippen molar-refractivity contribution >= 4 is 17.5 Å². The Bertz CT molecular complexity index is 1160. The van der Waals surface area contributed by atoms with Crippen LogP contribution >= 0.6 is 0 Å². The molecule has 3 aromatic rings. The van der Waals surface area contributed by atoms with Crippen LogP contribution in [0.5, 0.6) is 17.2 Å². The SMILES string of the molecule is COc1cccc(OC)c1C(=O)Nc1ccc2c(c1)CN(CCc1ccccc1)C(=O)[C@@H](C)O2. The van der Waals surface area contributed by atoms with E-state index < -0.39 is 6.10 Å². The van der Waals surface area contributed by atoms with E-state index in [0.717, 1.165) is 12.0 Å². The van der Waals surface area contributed by atoms with Crippen LogP contribution in [0.15, 0.2) is 66.7 Å². The number of carbonyl (C=O) groups excluding carboxylic acids is 2. The summed E-state index contributed by atoms with van der Waals surface area (Å²) in [5, 5.41) is 2.92. The topological polar surface area (TPSA) is 77.1 Å². The third-order valence-corrected chi connectivity index (χ3v) is 5.81. The van der Waals surface area contributed by atoms with Gasteiger partial charge in [-0.3, -0.25) is 9.59 Å². The first-order valence-electron chi connectivity index (χ1n) is 11.1. The zero-order chi connectivity index (χ0) is 24.1. The largest absolute Gasteiger partial charge is 0.496 e. The number of amides is 2. The summed E-state index contributed by atoms with van der Waals surface area (Å²) in [5.74, 6) is 1.06. The van der Waals surface area contributed by atoms with Crippen molar-refractivity contribution < 1.29 is 23.8 Å². The van der Waals surface area contributed by atoms with E-state index in [1.807, 2.05) is 24.3 Å². The lowest BCUT2D eigenvalue weighted by atomic mass is 10.1. The van der Waals surface area contributed by atoms with Crippen molar-refractivity contribution in [1.29, 1.82) is 0 Å². The highest BCUT2D eigenvalue weighted by Gasteiger charge is 2.28. The van der Waals surface area contributed by atoms with Gasteiger partial charge in [-0.05, 0) is 49.2 Å². The van der Waals surface area contributed by atoms with Gasteiger partial charge in [-0.1, -0.05) is 36.4 Å². The number of nitrogens with zero attached hydrogens (tertiary/aromatic N) is 1. The molecule has 176 valence electrons. The lowest BCUT2D eigenvalue weighted by Gasteiger charge is -2.22. The molecule has 3 aromatic carbocycles. The molecule has 0 saturated heterocycles. The molecule has 1 heterocycles. The van der Waals surface area contributed by atoms with Crippen LogP contribution in [0.3, 0.4) is 0 Å². The van der Waals surface area contributed by atoms with E-state index in [2.05, 4.69) is 17.4 Å². The van der Waals surface area contributed by atoms with E-state index in [4.69, 9.17) is 14.2 Å². The highest BCUT2D eigenvalue weighted by atomic mass is 16.5. The van der Waals surface area contributed by atoms with Gasteiger partial charge in [-0.15, -0.1) is 0 Å². The molecular weight excluding hydrogens is 432 g/mol. The Morgan fingerprint density at radius 2 is 1.74 bits per heavy atom. The molecule has 1 N–H and O–H groups in total. The molecule has 1 aliphatic rings. The van der Waals surface area contributed by atoms with Gasteiger partial charge in [0.15, 0.2) is 6.10 Å². The third kappa shape index (κ3) is 4.98. The molecule has 0 spiro atoms. The minimum atomic E-state index is -0.588. The fourth-order valence-electron chi connectivity index (χ4n) is 4.04. The van der Waals surface area contributed by atoms with Gasteiger partial charge in [0.05, 0.1) is 14.2 Å². The number of methoxy groups -OCH3 is 2. The van der Waals surface area contributed by atoms with Crippen LogP contribution in [0.25, 0.3) is 0 Å². The average molecular weight is 461 g/mol. The average Bonchev–Trinajstić information content (AvgIpc) is 2.98. The second-order valence-electron chi connectivity index (χ2n) is 8.07. The number of fused-ring (bicyclic) bond motifs is 1. The molecule has 0 saturated carbocycles. The lowest BCUT2D eigenvalue weighted by Crippen LogP contribution is -2.39. The van der Waals surface area contributed by atoms with Crippen molar-refractivity contribution in [1.82, 2.24) is 4.90 Å². The Hall–Kier alpha value is -4.00. The van der Waals surface area contributed by atoms with Gasteiger partial charge < -0.3 is 24.4 Å². The molecule has 2 amide bonds. The molecule has 0 fully saturated rings.